The smallest absolute Gasteiger partial charge is 0.327 e. The van der Waals surface area contributed by atoms with Gasteiger partial charge in [-0.1, -0.05) is 6.07 Å². The molecule has 22 heavy (non-hydrogen) atoms. The van der Waals surface area contributed by atoms with E-state index in [0.717, 1.165) is 38.1 Å². The molecular weight excluding hydrogens is 320 g/mol. The van der Waals surface area contributed by atoms with Gasteiger partial charge in [0.2, 0.25) is 0 Å². The lowest BCUT2D eigenvalue weighted by Crippen LogP contribution is -2.30. The van der Waals surface area contributed by atoms with E-state index in [1.165, 1.54) is 6.07 Å². The van der Waals surface area contributed by atoms with Crippen molar-refractivity contribution in [2.24, 2.45) is 17.6 Å². The Morgan fingerprint density at radius 3 is 2.55 bits per heavy atom. The predicted octanol–water partition coefficient (Wildman–Crippen LogP) is 3.44. The van der Waals surface area contributed by atoms with Crippen molar-refractivity contribution in [2.45, 2.75) is 31.6 Å². The quantitative estimate of drug-likeness (QED) is 0.837. The molecule has 1 saturated carbocycles. The first-order chi connectivity index (χ1) is 9.84. The Bertz CT molecular complexity index is 535. The van der Waals surface area contributed by atoms with Crippen LogP contribution in [0.25, 0.3) is 0 Å². The zero-order valence-corrected chi connectivity index (χ0v) is 12.8. The van der Waals surface area contributed by atoms with Gasteiger partial charge in [0.1, 0.15) is 5.82 Å². The van der Waals surface area contributed by atoms with Crippen LogP contribution < -0.4 is 5.73 Å². The molecule has 0 amide bonds. The van der Waals surface area contributed by atoms with E-state index in [-0.39, 0.29) is 18.4 Å². The summed E-state index contributed by atoms with van der Waals surface area (Å²) in [6.45, 7) is 2.12. The number of nitrogens with two attached hydrogens (primary N) is 1. The molecule has 1 aromatic carbocycles. The number of fused-ring (bicyclic) bond motifs is 1. The van der Waals surface area contributed by atoms with E-state index < -0.39 is 17.6 Å². The van der Waals surface area contributed by atoms with Crippen LogP contribution in [0.1, 0.15) is 24.0 Å². The minimum absolute atomic E-state index is 0. The number of halogens is 5. The largest absolute Gasteiger partial charge is 0.419 e. The van der Waals surface area contributed by atoms with Gasteiger partial charge in [-0.05, 0) is 42.4 Å². The Hall–Kier alpha value is -0.850. The minimum Gasteiger partial charge on any atom is -0.327 e. The number of alkyl halides is 3. The molecule has 0 bridgehead atoms. The van der Waals surface area contributed by atoms with Crippen LogP contribution in [0.15, 0.2) is 18.2 Å². The first-order valence-electron chi connectivity index (χ1n) is 7.18. The molecule has 0 aromatic heterocycles. The van der Waals surface area contributed by atoms with Crippen molar-refractivity contribution < 1.29 is 17.6 Å². The number of hydrogen-bond acceptors (Lipinski definition) is 2. The fourth-order valence-corrected chi connectivity index (χ4v) is 3.68. The van der Waals surface area contributed by atoms with Gasteiger partial charge in [-0.15, -0.1) is 12.4 Å². The molecule has 124 valence electrons. The maximum absolute atomic E-state index is 13.3. The zero-order chi connectivity index (χ0) is 15.2. The summed E-state index contributed by atoms with van der Waals surface area (Å²) >= 11 is 0. The number of benzene rings is 1. The molecule has 2 aliphatic rings. The minimum atomic E-state index is -4.65. The zero-order valence-electron chi connectivity index (χ0n) is 11.9. The Morgan fingerprint density at radius 1 is 1.18 bits per heavy atom. The lowest BCUT2D eigenvalue weighted by Gasteiger charge is -2.19. The lowest BCUT2D eigenvalue weighted by atomic mass is 9.98. The number of likely N-dealkylation sites (tertiary alicyclic amines) is 1. The third-order valence-electron chi connectivity index (χ3n) is 4.73. The third-order valence-corrected chi connectivity index (χ3v) is 4.73. The maximum atomic E-state index is 13.3. The summed E-state index contributed by atoms with van der Waals surface area (Å²) in [4.78, 5) is 2.13. The maximum Gasteiger partial charge on any atom is 0.419 e. The standard InChI is InChI=1S/C15H18F4N2.ClH/c16-13-3-1-9(5-12(13)15(17,18)19)6-21-7-10-2-4-14(20)11(10)8-21;/h1,3,5,10-11,14H,2,4,6-8,20H2;1H. The van der Waals surface area contributed by atoms with Crippen molar-refractivity contribution in [3.8, 4) is 0 Å². The summed E-state index contributed by atoms with van der Waals surface area (Å²) in [5.41, 5.74) is 5.36. The Labute approximate surface area is 133 Å². The Morgan fingerprint density at radius 2 is 1.91 bits per heavy atom. The van der Waals surface area contributed by atoms with Gasteiger partial charge in [-0.2, -0.15) is 13.2 Å². The number of nitrogens with zero attached hydrogens (tertiary/aromatic N) is 1. The second-order valence-electron chi connectivity index (χ2n) is 6.17. The van der Waals surface area contributed by atoms with Crippen LogP contribution in [0.3, 0.4) is 0 Å². The van der Waals surface area contributed by atoms with Gasteiger partial charge >= 0.3 is 6.18 Å². The van der Waals surface area contributed by atoms with Crippen LogP contribution in [0.5, 0.6) is 0 Å². The van der Waals surface area contributed by atoms with E-state index in [1.807, 2.05) is 0 Å². The van der Waals surface area contributed by atoms with Crippen molar-refractivity contribution in [2.75, 3.05) is 13.1 Å². The van der Waals surface area contributed by atoms with Gasteiger partial charge in [0.05, 0.1) is 5.56 Å². The Kier molecular flexibility index (Phi) is 5.04. The average Bonchev–Trinajstić information content (AvgIpc) is 2.93. The third kappa shape index (κ3) is 3.39. The van der Waals surface area contributed by atoms with E-state index in [9.17, 15) is 17.6 Å². The van der Waals surface area contributed by atoms with E-state index in [2.05, 4.69) is 4.90 Å². The monoisotopic (exact) mass is 338 g/mol. The molecule has 0 radical (unpaired) electrons. The van der Waals surface area contributed by atoms with E-state index in [1.54, 1.807) is 0 Å². The first kappa shape index (κ1) is 17.5. The van der Waals surface area contributed by atoms with Crippen molar-refractivity contribution in [3.63, 3.8) is 0 Å². The highest BCUT2D eigenvalue weighted by molar-refractivity contribution is 5.85. The fourth-order valence-electron chi connectivity index (χ4n) is 3.68. The SMILES string of the molecule is Cl.NC1CCC2CN(Cc3ccc(F)c(C(F)(F)F)c3)CC12. The van der Waals surface area contributed by atoms with Gasteiger partial charge in [0, 0.05) is 25.7 Å². The van der Waals surface area contributed by atoms with Crippen molar-refractivity contribution in [1.29, 1.82) is 0 Å². The van der Waals surface area contributed by atoms with Crippen molar-refractivity contribution in [3.05, 3.63) is 35.1 Å². The summed E-state index contributed by atoms with van der Waals surface area (Å²) in [7, 11) is 0. The van der Waals surface area contributed by atoms with Crippen LogP contribution in [0.4, 0.5) is 17.6 Å². The van der Waals surface area contributed by atoms with Gasteiger partial charge in [0.15, 0.2) is 0 Å². The van der Waals surface area contributed by atoms with E-state index in [4.69, 9.17) is 5.73 Å². The van der Waals surface area contributed by atoms with Crippen LogP contribution in [-0.2, 0) is 12.7 Å². The second-order valence-corrected chi connectivity index (χ2v) is 6.17. The van der Waals surface area contributed by atoms with Gasteiger partial charge in [-0.3, -0.25) is 4.90 Å². The normalized spacial score (nSPS) is 28.5. The molecule has 3 atom stereocenters. The fraction of sp³-hybridized carbons (Fsp3) is 0.600. The first-order valence-corrected chi connectivity index (χ1v) is 7.18. The Balaban J connectivity index is 0.00000176. The summed E-state index contributed by atoms with van der Waals surface area (Å²) in [6.07, 6.45) is -2.51. The summed E-state index contributed by atoms with van der Waals surface area (Å²) < 4.78 is 51.4. The topological polar surface area (TPSA) is 29.3 Å². The highest BCUT2D eigenvalue weighted by Gasteiger charge is 2.41. The van der Waals surface area contributed by atoms with Crippen LogP contribution in [0.2, 0.25) is 0 Å². The molecule has 1 aromatic rings. The lowest BCUT2D eigenvalue weighted by molar-refractivity contribution is -0.140. The molecule has 2 N–H and O–H groups in total. The summed E-state index contributed by atoms with van der Waals surface area (Å²) in [5, 5.41) is 0. The summed E-state index contributed by atoms with van der Waals surface area (Å²) in [6, 6.07) is 3.46. The molecule has 0 spiro atoms. The number of rotatable bonds is 2. The van der Waals surface area contributed by atoms with Crippen molar-refractivity contribution >= 4 is 12.4 Å². The second kappa shape index (κ2) is 6.34. The molecule has 2 nitrogen and oxygen atoms in total. The highest BCUT2D eigenvalue weighted by atomic mass is 35.5. The molecule has 7 heteroatoms. The van der Waals surface area contributed by atoms with Gasteiger partial charge < -0.3 is 5.73 Å². The highest BCUT2D eigenvalue weighted by Crippen LogP contribution is 2.38. The molecule has 3 rings (SSSR count). The molecule has 3 unspecified atom stereocenters. The molecule has 1 saturated heterocycles. The average molecular weight is 339 g/mol. The molecule has 1 aliphatic heterocycles. The van der Waals surface area contributed by atoms with E-state index >= 15 is 0 Å². The molecular formula is C15H19ClF4N2. The van der Waals surface area contributed by atoms with Gasteiger partial charge in [0.25, 0.3) is 0 Å². The van der Waals surface area contributed by atoms with Crippen LogP contribution in [0, 0.1) is 17.7 Å². The molecule has 1 aliphatic carbocycles. The van der Waals surface area contributed by atoms with Crippen LogP contribution in [-0.4, -0.2) is 24.0 Å². The van der Waals surface area contributed by atoms with Gasteiger partial charge in [-0.25, -0.2) is 4.39 Å². The molecule has 1 heterocycles. The van der Waals surface area contributed by atoms with Crippen molar-refractivity contribution in [1.82, 2.24) is 4.90 Å². The molecule has 2 fully saturated rings. The van der Waals surface area contributed by atoms with E-state index in [0.29, 0.717) is 23.9 Å². The summed E-state index contributed by atoms with van der Waals surface area (Å²) in [5.74, 6) is -0.207. The number of hydrogen-bond donors (Lipinski definition) is 1. The van der Waals surface area contributed by atoms with Crippen LogP contribution >= 0.6 is 12.4 Å². The predicted molar refractivity (Wildman–Crippen MR) is 78.1 cm³/mol.